The molecule has 2 N–H and O–H groups in total. The predicted octanol–water partition coefficient (Wildman–Crippen LogP) is 4.81. The van der Waals surface area contributed by atoms with Crippen LogP contribution in [0, 0.1) is 5.41 Å². The molecule has 3 aromatic rings. The summed E-state index contributed by atoms with van der Waals surface area (Å²) in [7, 11) is 1.62. The number of hydrogen-bond donors (Lipinski definition) is 2. The van der Waals surface area contributed by atoms with E-state index in [1.807, 2.05) is 36.5 Å². The SMILES string of the molecule is COc1ccc2ncc(Cl)c([C@H](O)CCC3(CO)CCN(CCCc4ccccn4)CC3)c2c1. The summed E-state index contributed by atoms with van der Waals surface area (Å²) in [5.74, 6) is 0.701. The first-order valence-corrected chi connectivity index (χ1v) is 12.4. The normalized spacial score (nSPS) is 17.1. The zero-order valence-electron chi connectivity index (χ0n) is 19.8. The Bertz CT molecular complexity index is 1070. The van der Waals surface area contributed by atoms with Crippen LogP contribution in [-0.4, -0.2) is 58.4 Å². The van der Waals surface area contributed by atoms with Gasteiger partial charge in [-0.3, -0.25) is 9.97 Å². The number of aliphatic hydroxyl groups is 2. The van der Waals surface area contributed by atoms with E-state index in [0.717, 1.165) is 68.3 Å². The number of piperidine rings is 1. The largest absolute Gasteiger partial charge is 0.497 e. The van der Waals surface area contributed by atoms with Crippen molar-refractivity contribution in [3.05, 3.63) is 65.1 Å². The van der Waals surface area contributed by atoms with Gasteiger partial charge in [0.05, 0.1) is 23.8 Å². The van der Waals surface area contributed by atoms with Crippen LogP contribution in [0.3, 0.4) is 0 Å². The number of aryl methyl sites for hydroxylation is 1. The fraction of sp³-hybridized carbons (Fsp3) is 0.481. The van der Waals surface area contributed by atoms with Gasteiger partial charge in [0.2, 0.25) is 0 Å². The van der Waals surface area contributed by atoms with Crippen molar-refractivity contribution >= 4 is 22.5 Å². The van der Waals surface area contributed by atoms with E-state index in [1.54, 1.807) is 13.3 Å². The van der Waals surface area contributed by atoms with Crippen molar-refractivity contribution in [1.29, 1.82) is 0 Å². The van der Waals surface area contributed by atoms with Gasteiger partial charge in [0.25, 0.3) is 0 Å². The summed E-state index contributed by atoms with van der Waals surface area (Å²) in [6, 6.07) is 11.7. The summed E-state index contributed by atoms with van der Waals surface area (Å²) in [5.41, 5.74) is 2.43. The lowest BCUT2D eigenvalue weighted by Crippen LogP contribution is -2.42. The summed E-state index contributed by atoms with van der Waals surface area (Å²) in [6.45, 7) is 3.12. The summed E-state index contributed by atoms with van der Waals surface area (Å²) in [5, 5.41) is 22.7. The Morgan fingerprint density at radius 3 is 2.71 bits per heavy atom. The van der Waals surface area contributed by atoms with Crippen LogP contribution in [-0.2, 0) is 6.42 Å². The van der Waals surface area contributed by atoms with Crippen LogP contribution in [0.4, 0.5) is 0 Å². The lowest BCUT2D eigenvalue weighted by atomic mass is 9.74. The number of aliphatic hydroxyl groups excluding tert-OH is 2. The zero-order valence-corrected chi connectivity index (χ0v) is 20.5. The quantitative estimate of drug-likeness (QED) is 0.430. The first-order chi connectivity index (χ1) is 16.5. The number of likely N-dealkylation sites (tertiary alicyclic amines) is 1. The number of methoxy groups -OCH3 is 1. The molecule has 0 spiro atoms. The molecule has 0 amide bonds. The molecule has 0 unspecified atom stereocenters. The van der Waals surface area contributed by atoms with Crippen molar-refractivity contribution in [2.75, 3.05) is 33.4 Å². The zero-order chi connectivity index (χ0) is 24.0. The lowest BCUT2D eigenvalue weighted by molar-refractivity contribution is 0.0234. The summed E-state index contributed by atoms with van der Waals surface area (Å²) < 4.78 is 5.35. The van der Waals surface area contributed by atoms with Gasteiger partial charge < -0.3 is 19.8 Å². The van der Waals surface area contributed by atoms with Gasteiger partial charge in [-0.1, -0.05) is 17.7 Å². The van der Waals surface area contributed by atoms with Gasteiger partial charge in [-0.2, -0.15) is 0 Å². The smallest absolute Gasteiger partial charge is 0.119 e. The van der Waals surface area contributed by atoms with Crippen molar-refractivity contribution in [3.63, 3.8) is 0 Å². The fourth-order valence-electron chi connectivity index (χ4n) is 4.99. The van der Waals surface area contributed by atoms with E-state index in [2.05, 4.69) is 20.9 Å². The standard InChI is InChI=1S/C27H34ClN3O3/c1-34-21-7-8-24-22(17-21)26(23(28)18-30-24)25(33)9-10-27(19-32)11-15-31(16-12-27)14-4-6-20-5-2-3-13-29-20/h2-3,5,7-8,13,17-18,25,32-33H,4,6,9-12,14-16,19H2,1H3/t25-/m1/s1. The Balaban J connectivity index is 1.34. The van der Waals surface area contributed by atoms with Gasteiger partial charge >= 0.3 is 0 Å². The molecule has 0 bridgehead atoms. The highest BCUT2D eigenvalue weighted by molar-refractivity contribution is 6.32. The van der Waals surface area contributed by atoms with Gasteiger partial charge in [0.15, 0.2) is 0 Å². The predicted molar refractivity (Wildman–Crippen MR) is 135 cm³/mol. The minimum absolute atomic E-state index is 0.139. The molecular formula is C27H34ClN3O3. The second kappa shape index (κ2) is 11.5. The van der Waals surface area contributed by atoms with E-state index in [-0.39, 0.29) is 12.0 Å². The summed E-state index contributed by atoms with van der Waals surface area (Å²) in [4.78, 5) is 11.3. The molecule has 1 aliphatic heterocycles. The first kappa shape index (κ1) is 24.9. The molecule has 182 valence electrons. The van der Waals surface area contributed by atoms with E-state index in [1.165, 1.54) is 0 Å². The monoisotopic (exact) mass is 483 g/mol. The molecule has 2 aromatic heterocycles. The van der Waals surface area contributed by atoms with Gasteiger partial charge in [-0.25, -0.2) is 0 Å². The third-order valence-corrected chi connectivity index (χ3v) is 7.54. The number of halogens is 1. The number of fused-ring (bicyclic) bond motifs is 1. The highest BCUT2D eigenvalue weighted by Crippen LogP contribution is 2.40. The Labute approximate surface area is 206 Å². The van der Waals surface area contributed by atoms with Crippen molar-refractivity contribution in [1.82, 2.24) is 14.9 Å². The minimum atomic E-state index is -0.732. The average molecular weight is 484 g/mol. The van der Waals surface area contributed by atoms with Crippen molar-refractivity contribution in [2.45, 2.75) is 44.6 Å². The molecule has 1 aromatic carbocycles. The first-order valence-electron chi connectivity index (χ1n) is 12.1. The van der Waals surface area contributed by atoms with Crippen LogP contribution in [0.25, 0.3) is 10.9 Å². The van der Waals surface area contributed by atoms with Crippen molar-refractivity contribution < 1.29 is 14.9 Å². The molecule has 3 heterocycles. The Kier molecular flexibility index (Phi) is 8.37. The number of benzene rings is 1. The molecule has 6 nitrogen and oxygen atoms in total. The molecular weight excluding hydrogens is 450 g/mol. The number of nitrogens with zero attached hydrogens (tertiary/aromatic N) is 3. The van der Waals surface area contributed by atoms with Crippen molar-refractivity contribution in [2.24, 2.45) is 5.41 Å². The van der Waals surface area contributed by atoms with Crippen LogP contribution in [0.5, 0.6) is 5.75 Å². The van der Waals surface area contributed by atoms with Gasteiger partial charge in [0.1, 0.15) is 5.75 Å². The Hall–Kier alpha value is -2.25. The Morgan fingerprint density at radius 2 is 2.00 bits per heavy atom. The van der Waals surface area contributed by atoms with Crippen molar-refractivity contribution in [3.8, 4) is 5.75 Å². The van der Waals surface area contributed by atoms with E-state index in [4.69, 9.17) is 16.3 Å². The van der Waals surface area contributed by atoms with Gasteiger partial charge in [-0.05, 0) is 93.9 Å². The van der Waals surface area contributed by atoms with Crippen LogP contribution in [0.15, 0.2) is 48.8 Å². The summed E-state index contributed by atoms with van der Waals surface area (Å²) >= 11 is 6.47. The second-order valence-electron chi connectivity index (χ2n) is 9.38. The highest BCUT2D eigenvalue weighted by atomic mass is 35.5. The fourth-order valence-corrected chi connectivity index (χ4v) is 5.27. The van der Waals surface area contributed by atoms with Crippen LogP contribution in [0.2, 0.25) is 5.02 Å². The van der Waals surface area contributed by atoms with Crippen LogP contribution < -0.4 is 4.74 Å². The van der Waals surface area contributed by atoms with Gasteiger partial charge in [-0.15, -0.1) is 0 Å². The number of ether oxygens (including phenoxy) is 1. The lowest BCUT2D eigenvalue weighted by Gasteiger charge is -2.41. The molecule has 1 fully saturated rings. The average Bonchev–Trinajstić information content (AvgIpc) is 2.88. The maximum absolute atomic E-state index is 11.1. The summed E-state index contributed by atoms with van der Waals surface area (Å²) in [6.07, 6.45) is 7.92. The number of hydrogen-bond acceptors (Lipinski definition) is 6. The number of aromatic nitrogens is 2. The van der Waals surface area contributed by atoms with Crippen LogP contribution >= 0.6 is 11.6 Å². The van der Waals surface area contributed by atoms with E-state index in [0.29, 0.717) is 22.8 Å². The Morgan fingerprint density at radius 1 is 1.18 bits per heavy atom. The number of pyridine rings is 2. The number of rotatable bonds is 10. The molecule has 7 heteroatoms. The van der Waals surface area contributed by atoms with E-state index in [9.17, 15) is 10.2 Å². The van der Waals surface area contributed by atoms with E-state index < -0.39 is 6.10 Å². The third kappa shape index (κ3) is 5.87. The molecule has 1 saturated heterocycles. The molecule has 34 heavy (non-hydrogen) atoms. The molecule has 1 atom stereocenters. The second-order valence-corrected chi connectivity index (χ2v) is 9.79. The topological polar surface area (TPSA) is 78.7 Å². The highest BCUT2D eigenvalue weighted by Gasteiger charge is 2.34. The van der Waals surface area contributed by atoms with Crippen LogP contribution in [0.1, 0.15) is 49.5 Å². The molecule has 0 radical (unpaired) electrons. The molecule has 4 rings (SSSR count). The molecule has 1 aliphatic rings. The molecule has 0 saturated carbocycles. The third-order valence-electron chi connectivity index (χ3n) is 7.24. The molecule has 0 aliphatic carbocycles. The maximum Gasteiger partial charge on any atom is 0.119 e. The minimum Gasteiger partial charge on any atom is -0.497 e. The van der Waals surface area contributed by atoms with E-state index >= 15 is 0 Å². The van der Waals surface area contributed by atoms with Gasteiger partial charge in [0, 0.05) is 35.6 Å². The maximum atomic E-state index is 11.1.